The number of hydrogen-bond acceptors (Lipinski definition) is 9. The van der Waals surface area contributed by atoms with Gasteiger partial charge in [-0.25, -0.2) is 4.98 Å². The number of halogens is 3. The molecular weight excluding hydrogens is 711 g/mol. The number of carbonyl (C=O) groups excluding carboxylic acids is 2. The normalized spacial score (nSPS) is 15.3. The fourth-order valence-electron chi connectivity index (χ4n) is 7.00. The highest BCUT2D eigenvalue weighted by Gasteiger charge is 2.27. The first kappa shape index (κ1) is 38.0. The molecule has 0 radical (unpaired) electrons. The highest BCUT2D eigenvalue weighted by Crippen LogP contribution is 2.31. The number of ether oxygens (including phenoxy) is 2. The minimum atomic E-state index is -4.23. The van der Waals surface area contributed by atoms with Crippen LogP contribution in [-0.4, -0.2) is 95.2 Å². The van der Waals surface area contributed by atoms with E-state index in [1.807, 2.05) is 24.4 Å². The lowest BCUT2D eigenvalue weighted by Crippen LogP contribution is -2.46. The van der Waals surface area contributed by atoms with Gasteiger partial charge >= 0.3 is 6.18 Å². The molecule has 7 rings (SSSR count). The molecule has 55 heavy (non-hydrogen) atoms. The summed E-state index contributed by atoms with van der Waals surface area (Å²) in [6.07, 6.45) is 1.19. The zero-order chi connectivity index (χ0) is 38.2. The van der Waals surface area contributed by atoms with Gasteiger partial charge in [0.25, 0.3) is 5.91 Å². The van der Waals surface area contributed by atoms with Crippen molar-refractivity contribution < 1.29 is 32.2 Å². The lowest BCUT2D eigenvalue weighted by atomic mass is 9.99. The molecule has 3 aromatic carbocycles. The van der Waals surface area contributed by atoms with Crippen molar-refractivity contribution >= 4 is 28.8 Å². The molecule has 0 spiro atoms. The third-order valence-electron chi connectivity index (χ3n) is 9.85. The Kier molecular flexibility index (Phi) is 12.0. The Hall–Kier alpha value is -5.31. The van der Waals surface area contributed by atoms with Crippen LogP contribution < -0.4 is 15.4 Å². The number of anilines is 1. The molecule has 2 aliphatic rings. The van der Waals surface area contributed by atoms with Gasteiger partial charge in [0.1, 0.15) is 17.1 Å². The molecule has 288 valence electrons. The molecule has 3 N–H and O–H groups in total. The number of fused-ring (bicyclic) bond motifs is 2. The standard InChI is InChI=1S/C41H44F3N7O4/c42-41(43,44)14-15-45-40-47-26-34-33(25-46-38(34)49-40)30-12-10-29(11-13-30)27-51-19-17-50(18-20-51)16-4-22-54-21-3-6-28-5-1-8-32(23-28)55-35-9-2-7-31-24-36(52)48-39(53)37(31)35/h1-2,5,7-13,23,25-26H,3-4,6,14-22,24,27H2,(H,48,52,53)(H2,45,46,47,49). The highest BCUT2D eigenvalue weighted by atomic mass is 19.4. The van der Waals surface area contributed by atoms with Crippen molar-refractivity contribution in [2.75, 3.05) is 57.8 Å². The van der Waals surface area contributed by atoms with E-state index in [4.69, 9.17) is 9.47 Å². The highest BCUT2D eigenvalue weighted by molar-refractivity contribution is 6.11. The summed E-state index contributed by atoms with van der Waals surface area (Å²) in [6.45, 7) is 7.07. The van der Waals surface area contributed by atoms with Crippen molar-refractivity contribution in [2.24, 2.45) is 0 Å². The van der Waals surface area contributed by atoms with Crippen molar-refractivity contribution in [1.82, 2.24) is 30.1 Å². The molecule has 2 aromatic heterocycles. The number of carbonyl (C=O) groups is 2. The van der Waals surface area contributed by atoms with Crippen LogP contribution in [0.25, 0.3) is 22.2 Å². The topological polar surface area (TPSA) is 125 Å². The first-order valence-electron chi connectivity index (χ1n) is 18.7. The second-order valence-corrected chi connectivity index (χ2v) is 13.9. The number of aryl methyl sites for hydroxylation is 1. The van der Waals surface area contributed by atoms with E-state index in [9.17, 15) is 22.8 Å². The number of alkyl halides is 3. The second-order valence-electron chi connectivity index (χ2n) is 13.9. The van der Waals surface area contributed by atoms with E-state index in [0.29, 0.717) is 34.9 Å². The molecule has 4 heterocycles. The summed E-state index contributed by atoms with van der Waals surface area (Å²) in [6, 6.07) is 21.6. The van der Waals surface area contributed by atoms with Gasteiger partial charge in [-0.3, -0.25) is 19.8 Å². The third kappa shape index (κ3) is 10.3. The first-order chi connectivity index (χ1) is 26.7. The monoisotopic (exact) mass is 755 g/mol. The molecule has 2 amide bonds. The van der Waals surface area contributed by atoms with Gasteiger partial charge in [-0.15, -0.1) is 0 Å². The molecule has 0 unspecified atom stereocenters. The first-order valence-corrected chi connectivity index (χ1v) is 18.7. The molecule has 0 saturated carbocycles. The molecule has 0 bridgehead atoms. The van der Waals surface area contributed by atoms with Crippen LogP contribution in [0.2, 0.25) is 0 Å². The maximum atomic E-state index is 12.5. The van der Waals surface area contributed by atoms with Crippen LogP contribution in [0, 0.1) is 0 Å². The predicted octanol–water partition coefficient (Wildman–Crippen LogP) is 6.75. The van der Waals surface area contributed by atoms with Gasteiger partial charge in [0, 0.05) is 82.4 Å². The van der Waals surface area contributed by atoms with Crippen LogP contribution in [0.5, 0.6) is 11.5 Å². The number of nitrogens with one attached hydrogen (secondary N) is 3. The van der Waals surface area contributed by atoms with Crippen LogP contribution in [0.15, 0.2) is 79.1 Å². The molecule has 11 nitrogen and oxygen atoms in total. The number of nitrogens with zero attached hydrogens (tertiary/aromatic N) is 4. The van der Waals surface area contributed by atoms with E-state index >= 15 is 0 Å². The van der Waals surface area contributed by atoms with Gasteiger partial charge in [-0.05, 0) is 59.7 Å². The van der Waals surface area contributed by atoms with Crippen molar-refractivity contribution in [3.8, 4) is 22.6 Å². The fraction of sp³-hybridized carbons (Fsp3) is 0.366. The molecular formula is C41H44F3N7O4. The fourth-order valence-corrected chi connectivity index (χ4v) is 7.00. The van der Waals surface area contributed by atoms with Crippen molar-refractivity contribution in [2.45, 2.75) is 44.8 Å². The summed E-state index contributed by atoms with van der Waals surface area (Å²) in [5.74, 6) is 0.515. The Balaban J connectivity index is 0.775. The van der Waals surface area contributed by atoms with Crippen molar-refractivity contribution in [3.05, 3.63) is 101 Å². The Labute approximate surface area is 317 Å². The Bertz CT molecular complexity index is 2100. The number of aromatic nitrogens is 3. The van der Waals surface area contributed by atoms with Crippen LogP contribution in [0.1, 0.15) is 46.3 Å². The van der Waals surface area contributed by atoms with Crippen LogP contribution in [0.4, 0.5) is 19.1 Å². The predicted molar refractivity (Wildman–Crippen MR) is 203 cm³/mol. The van der Waals surface area contributed by atoms with Crippen LogP contribution in [-0.2, 0) is 28.9 Å². The van der Waals surface area contributed by atoms with Gasteiger partial charge in [-0.2, -0.15) is 18.2 Å². The second kappa shape index (κ2) is 17.4. The summed E-state index contributed by atoms with van der Waals surface area (Å²) < 4.78 is 49.4. The van der Waals surface area contributed by atoms with Gasteiger partial charge in [0.05, 0.1) is 18.4 Å². The maximum absolute atomic E-state index is 12.5. The number of aromatic amines is 1. The summed E-state index contributed by atoms with van der Waals surface area (Å²) >= 11 is 0. The maximum Gasteiger partial charge on any atom is 0.390 e. The SMILES string of the molecule is O=C1Cc2cccc(Oc3cccc(CCCOCCCN4CCN(Cc5ccc(-c6c[nH]c7nc(NCCC(F)(F)F)ncc67)cc5)CC4)c3)c2C(=O)N1. The molecule has 2 aliphatic heterocycles. The van der Waals surface area contributed by atoms with Gasteiger partial charge < -0.3 is 24.7 Å². The van der Waals surface area contributed by atoms with Gasteiger partial charge in [-0.1, -0.05) is 48.5 Å². The minimum Gasteiger partial charge on any atom is -0.457 e. The van der Waals surface area contributed by atoms with E-state index in [-0.39, 0.29) is 24.8 Å². The van der Waals surface area contributed by atoms with Crippen molar-refractivity contribution in [3.63, 3.8) is 0 Å². The zero-order valence-electron chi connectivity index (χ0n) is 30.5. The number of benzene rings is 3. The minimum absolute atomic E-state index is 0.159. The Morgan fingerprint density at radius 1 is 0.891 bits per heavy atom. The lowest BCUT2D eigenvalue weighted by Gasteiger charge is -2.34. The zero-order valence-corrected chi connectivity index (χ0v) is 30.5. The van der Waals surface area contributed by atoms with Gasteiger partial charge in [0.15, 0.2) is 0 Å². The van der Waals surface area contributed by atoms with Crippen LogP contribution >= 0.6 is 0 Å². The number of hydrogen-bond donors (Lipinski definition) is 3. The smallest absolute Gasteiger partial charge is 0.390 e. The summed E-state index contributed by atoms with van der Waals surface area (Å²) in [5, 5.41) is 5.82. The van der Waals surface area contributed by atoms with Gasteiger partial charge in [0.2, 0.25) is 11.9 Å². The summed E-state index contributed by atoms with van der Waals surface area (Å²) in [5.41, 5.74) is 5.97. The average molecular weight is 756 g/mol. The number of amides is 2. The molecule has 0 aliphatic carbocycles. The van der Waals surface area contributed by atoms with Crippen molar-refractivity contribution in [1.29, 1.82) is 0 Å². The molecule has 14 heteroatoms. The number of piperazine rings is 1. The Morgan fingerprint density at radius 2 is 1.67 bits per heavy atom. The van der Waals surface area contributed by atoms with E-state index < -0.39 is 18.5 Å². The van der Waals surface area contributed by atoms with Crippen LogP contribution in [0.3, 0.4) is 0 Å². The lowest BCUT2D eigenvalue weighted by molar-refractivity contribution is -0.131. The van der Waals surface area contributed by atoms with E-state index in [1.54, 1.807) is 24.4 Å². The molecule has 1 saturated heterocycles. The summed E-state index contributed by atoms with van der Waals surface area (Å²) in [7, 11) is 0. The number of imide groups is 1. The quantitative estimate of drug-likeness (QED) is 0.0741. The molecule has 0 atom stereocenters. The largest absolute Gasteiger partial charge is 0.457 e. The van der Waals surface area contributed by atoms with E-state index in [1.165, 1.54) is 5.56 Å². The summed E-state index contributed by atoms with van der Waals surface area (Å²) in [4.78, 5) is 40.8. The Morgan fingerprint density at radius 3 is 2.49 bits per heavy atom. The third-order valence-corrected chi connectivity index (χ3v) is 9.85. The number of H-pyrrole nitrogens is 1. The molecule has 1 fully saturated rings. The average Bonchev–Trinajstić information content (AvgIpc) is 3.58. The van der Waals surface area contributed by atoms with E-state index in [2.05, 4.69) is 65.7 Å². The van der Waals surface area contributed by atoms with E-state index in [0.717, 1.165) is 87.2 Å². The molecule has 5 aromatic rings. The number of rotatable bonds is 16.